The van der Waals surface area contributed by atoms with Crippen LogP contribution in [0.25, 0.3) is 0 Å². The molecule has 0 aliphatic rings. The van der Waals surface area contributed by atoms with E-state index in [-0.39, 0.29) is 12.6 Å². The zero-order chi connectivity index (χ0) is 12.0. The number of carbonyl (C=O) groups excluding carboxylic acids is 2. The van der Waals surface area contributed by atoms with Crippen LogP contribution in [0.2, 0.25) is 0 Å². The molecular formula is C12H14O4. The van der Waals surface area contributed by atoms with Crippen LogP contribution in [0.3, 0.4) is 0 Å². The Morgan fingerprint density at radius 3 is 2.75 bits per heavy atom. The van der Waals surface area contributed by atoms with Crippen molar-refractivity contribution in [3.8, 4) is 5.75 Å². The first kappa shape index (κ1) is 12.2. The Hall–Kier alpha value is -1.84. The number of esters is 1. The normalized spacial score (nSPS) is 9.62. The molecule has 1 aromatic carbocycles. The third-order valence-corrected chi connectivity index (χ3v) is 1.95. The van der Waals surface area contributed by atoms with Crippen molar-refractivity contribution in [1.29, 1.82) is 0 Å². The maximum Gasteiger partial charge on any atom is 0.302 e. The summed E-state index contributed by atoms with van der Waals surface area (Å²) in [6.07, 6.45) is 0.743. The maximum atomic E-state index is 10.7. The second-order valence-electron chi connectivity index (χ2n) is 3.20. The van der Waals surface area contributed by atoms with E-state index in [9.17, 15) is 9.59 Å². The topological polar surface area (TPSA) is 52.6 Å². The number of benzene rings is 1. The standard InChI is InChI=1S/C12H14O4/c1-3-15-12-5-4-10(7-13)6-11(12)8-16-9(2)14/h4-7H,3,8H2,1-2H3. The van der Waals surface area contributed by atoms with Gasteiger partial charge in [-0.15, -0.1) is 0 Å². The minimum atomic E-state index is -0.362. The smallest absolute Gasteiger partial charge is 0.302 e. The number of aldehydes is 1. The molecule has 0 unspecified atom stereocenters. The second kappa shape index (κ2) is 5.90. The third-order valence-electron chi connectivity index (χ3n) is 1.95. The van der Waals surface area contributed by atoms with Crippen molar-refractivity contribution in [3.63, 3.8) is 0 Å². The van der Waals surface area contributed by atoms with Crippen LogP contribution in [0.1, 0.15) is 29.8 Å². The molecule has 0 saturated carbocycles. The molecule has 0 spiro atoms. The minimum absolute atomic E-state index is 0.117. The van der Waals surface area contributed by atoms with Crippen LogP contribution < -0.4 is 4.74 Å². The fraction of sp³-hybridized carbons (Fsp3) is 0.333. The number of ether oxygens (including phenoxy) is 2. The highest BCUT2D eigenvalue weighted by molar-refractivity contribution is 5.75. The van der Waals surface area contributed by atoms with Crippen molar-refractivity contribution in [2.45, 2.75) is 20.5 Å². The number of carbonyl (C=O) groups is 2. The Morgan fingerprint density at radius 2 is 2.19 bits per heavy atom. The van der Waals surface area contributed by atoms with Gasteiger partial charge in [-0.25, -0.2) is 0 Å². The highest BCUT2D eigenvalue weighted by Crippen LogP contribution is 2.20. The zero-order valence-electron chi connectivity index (χ0n) is 9.36. The molecule has 0 fully saturated rings. The Morgan fingerprint density at radius 1 is 1.44 bits per heavy atom. The van der Waals surface area contributed by atoms with Crippen LogP contribution in [-0.2, 0) is 16.1 Å². The van der Waals surface area contributed by atoms with Crippen LogP contribution in [0.15, 0.2) is 18.2 Å². The average Bonchev–Trinajstić information content (AvgIpc) is 2.28. The summed E-state index contributed by atoms with van der Waals surface area (Å²) in [5, 5.41) is 0. The maximum absolute atomic E-state index is 10.7. The molecule has 16 heavy (non-hydrogen) atoms. The van der Waals surface area contributed by atoms with E-state index in [1.807, 2.05) is 6.92 Å². The van der Waals surface area contributed by atoms with Gasteiger partial charge in [0.2, 0.25) is 0 Å². The van der Waals surface area contributed by atoms with Gasteiger partial charge in [-0.1, -0.05) is 0 Å². The van der Waals surface area contributed by atoms with Crippen LogP contribution >= 0.6 is 0 Å². The van der Waals surface area contributed by atoms with E-state index in [4.69, 9.17) is 9.47 Å². The summed E-state index contributed by atoms with van der Waals surface area (Å²) in [5.41, 5.74) is 1.23. The molecule has 86 valence electrons. The van der Waals surface area contributed by atoms with Crippen LogP contribution in [0.4, 0.5) is 0 Å². The highest BCUT2D eigenvalue weighted by Gasteiger charge is 2.06. The molecule has 0 aliphatic carbocycles. The summed E-state index contributed by atoms with van der Waals surface area (Å²) in [4.78, 5) is 21.3. The van der Waals surface area contributed by atoms with E-state index < -0.39 is 0 Å². The molecule has 4 nitrogen and oxygen atoms in total. The van der Waals surface area contributed by atoms with Crippen molar-refractivity contribution in [2.24, 2.45) is 0 Å². The number of rotatable bonds is 5. The van der Waals surface area contributed by atoms with Gasteiger partial charge >= 0.3 is 5.97 Å². The number of hydrogen-bond donors (Lipinski definition) is 0. The molecule has 1 rings (SSSR count). The van der Waals surface area contributed by atoms with E-state index in [2.05, 4.69) is 0 Å². The molecule has 1 aromatic rings. The molecule has 0 heterocycles. The Labute approximate surface area is 94.2 Å². The van der Waals surface area contributed by atoms with Crippen LogP contribution in [-0.4, -0.2) is 18.9 Å². The lowest BCUT2D eigenvalue weighted by atomic mass is 10.1. The van der Waals surface area contributed by atoms with Crippen LogP contribution in [0, 0.1) is 0 Å². The first-order chi connectivity index (χ1) is 7.67. The molecular weight excluding hydrogens is 208 g/mol. The first-order valence-corrected chi connectivity index (χ1v) is 5.01. The largest absolute Gasteiger partial charge is 0.493 e. The highest BCUT2D eigenvalue weighted by atomic mass is 16.5. The molecule has 0 saturated heterocycles. The molecule has 0 aliphatic heterocycles. The van der Waals surface area contributed by atoms with Gasteiger partial charge in [0, 0.05) is 18.1 Å². The zero-order valence-corrected chi connectivity index (χ0v) is 9.36. The molecule has 0 N–H and O–H groups in total. The Balaban J connectivity index is 2.90. The van der Waals surface area contributed by atoms with Crippen molar-refractivity contribution in [2.75, 3.05) is 6.61 Å². The summed E-state index contributed by atoms with van der Waals surface area (Å²) in [7, 11) is 0. The van der Waals surface area contributed by atoms with Gasteiger partial charge in [0.1, 0.15) is 18.6 Å². The lowest BCUT2D eigenvalue weighted by Crippen LogP contribution is -2.03. The summed E-state index contributed by atoms with van der Waals surface area (Å²) in [6.45, 7) is 3.84. The summed E-state index contributed by atoms with van der Waals surface area (Å²) in [6, 6.07) is 5.02. The van der Waals surface area contributed by atoms with Crippen molar-refractivity contribution in [3.05, 3.63) is 29.3 Å². The fourth-order valence-corrected chi connectivity index (χ4v) is 1.26. The van der Waals surface area contributed by atoms with Gasteiger partial charge in [0.25, 0.3) is 0 Å². The lowest BCUT2D eigenvalue weighted by molar-refractivity contribution is -0.142. The molecule has 0 bridgehead atoms. The van der Waals surface area contributed by atoms with Crippen molar-refractivity contribution >= 4 is 12.3 Å². The van der Waals surface area contributed by atoms with E-state index in [0.717, 1.165) is 6.29 Å². The summed E-state index contributed by atoms with van der Waals surface area (Å²) < 4.78 is 10.2. The van der Waals surface area contributed by atoms with Crippen molar-refractivity contribution in [1.82, 2.24) is 0 Å². The van der Waals surface area contributed by atoms with Gasteiger partial charge in [0.05, 0.1) is 6.61 Å². The van der Waals surface area contributed by atoms with Crippen molar-refractivity contribution < 1.29 is 19.1 Å². The minimum Gasteiger partial charge on any atom is -0.493 e. The van der Waals surface area contributed by atoms with E-state index in [1.165, 1.54) is 6.92 Å². The predicted octanol–water partition coefficient (Wildman–Crippen LogP) is 1.96. The van der Waals surface area contributed by atoms with E-state index in [0.29, 0.717) is 23.5 Å². The van der Waals surface area contributed by atoms with Gasteiger partial charge < -0.3 is 9.47 Å². The van der Waals surface area contributed by atoms with Gasteiger partial charge in [-0.3, -0.25) is 9.59 Å². The monoisotopic (exact) mass is 222 g/mol. The first-order valence-electron chi connectivity index (χ1n) is 5.01. The summed E-state index contributed by atoms with van der Waals surface area (Å²) >= 11 is 0. The molecule has 4 heteroatoms. The van der Waals surface area contributed by atoms with Gasteiger partial charge in [-0.2, -0.15) is 0 Å². The quantitative estimate of drug-likeness (QED) is 0.564. The summed E-state index contributed by atoms with van der Waals surface area (Å²) in [5.74, 6) is 0.272. The fourth-order valence-electron chi connectivity index (χ4n) is 1.26. The molecule has 0 atom stereocenters. The van der Waals surface area contributed by atoms with Crippen LogP contribution in [0.5, 0.6) is 5.75 Å². The third kappa shape index (κ3) is 3.38. The second-order valence-corrected chi connectivity index (χ2v) is 3.20. The Bertz CT molecular complexity index is 385. The van der Waals surface area contributed by atoms with E-state index in [1.54, 1.807) is 18.2 Å². The van der Waals surface area contributed by atoms with Gasteiger partial charge in [-0.05, 0) is 25.1 Å². The average molecular weight is 222 g/mol. The lowest BCUT2D eigenvalue weighted by Gasteiger charge is -2.10. The van der Waals surface area contributed by atoms with E-state index >= 15 is 0 Å². The Kier molecular flexibility index (Phi) is 4.51. The number of hydrogen-bond acceptors (Lipinski definition) is 4. The molecule has 0 amide bonds. The SMILES string of the molecule is CCOc1ccc(C=O)cc1COC(C)=O. The predicted molar refractivity (Wildman–Crippen MR) is 58.5 cm³/mol. The van der Waals surface area contributed by atoms with Gasteiger partial charge in [0.15, 0.2) is 0 Å². The molecule has 0 aromatic heterocycles. The molecule has 0 radical (unpaired) electrons.